The van der Waals surface area contributed by atoms with E-state index in [0.717, 1.165) is 0 Å². The van der Waals surface area contributed by atoms with Gasteiger partial charge in [0.15, 0.2) is 18.2 Å². The zero-order valence-corrected chi connectivity index (χ0v) is 32.0. The zero-order chi connectivity index (χ0) is 37.9. The third-order valence-electron chi connectivity index (χ3n) is 10.3. The highest BCUT2D eigenvalue weighted by Gasteiger charge is 2.52. The topological polar surface area (TPSA) is 159 Å². The van der Waals surface area contributed by atoms with Crippen LogP contribution in [0.15, 0.2) is 23.4 Å². The van der Waals surface area contributed by atoms with Gasteiger partial charge in [-0.05, 0) is 67.1 Å². The van der Waals surface area contributed by atoms with Gasteiger partial charge in [0, 0.05) is 37.8 Å². The third kappa shape index (κ3) is 9.40. The fourth-order valence-electron chi connectivity index (χ4n) is 7.73. The smallest absolute Gasteiger partial charge is 0.316 e. The monoisotopic (exact) mass is 708 g/mol. The summed E-state index contributed by atoms with van der Waals surface area (Å²) < 4.78 is 38.0. The highest BCUT2D eigenvalue weighted by atomic mass is 16.7. The van der Waals surface area contributed by atoms with Crippen molar-refractivity contribution in [3.8, 4) is 0 Å². The molecular formula is C37H60N2O11. The summed E-state index contributed by atoms with van der Waals surface area (Å²) in [5, 5.41) is 15.1. The lowest BCUT2D eigenvalue weighted by molar-refractivity contribution is -0.298. The van der Waals surface area contributed by atoms with Gasteiger partial charge in [0.05, 0.1) is 43.2 Å². The quantitative estimate of drug-likeness (QED) is 0.236. The van der Waals surface area contributed by atoms with E-state index in [9.17, 15) is 24.3 Å². The highest BCUT2D eigenvalue weighted by Crippen LogP contribution is 2.41. The van der Waals surface area contributed by atoms with Gasteiger partial charge in [0.25, 0.3) is 0 Å². The van der Waals surface area contributed by atoms with Gasteiger partial charge >= 0.3 is 11.9 Å². The molecule has 0 aliphatic carbocycles. The molecule has 0 spiro atoms. The Morgan fingerprint density at radius 3 is 2.28 bits per heavy atom. The van der Waals surface area contributed by atoms with Crippen molar-refractivity contribution >= 4 is 23.6 Å². The van der Waals surface area contributed by atoms with Crippen LogP contribution in [0.5, 0.6) is 0 Å². The Bertz CT molecular complexity index is 1310. The number of carbonyl (C=O) groups excluding carboxylic acids is 4. The van der Waals surface area contributed by atoms with E-state index < -0.39 is 77.4 Å². The number of amides is 1. The van der Waals surface area contributed by atoms with E-state index in [0.29, 0.717) is 23.3 Å². The molecule has 0 saturated carbocycles. The average molecular weight is 709 g/mol. The third-order valence-corrected chi connectivity index (χ3v) is 10.3. The Balaban J connectivity index is 2.35. The number of ether oxygens (including phenoxy) is 6. The Labute approximate surface area is 297 Å². The van der Waals surface area contributed by atoms with Crippen molar-refractivity contribution in [1.29, 1.82) is 0 Å². The van der Waals surface area contributed by atoms with E-state index in [1.54, 1.807) is 20.8 Å². The Morgan fingerprint density at radius 2 is 1.72 bits per heavy atom. The number of ketones is 1. The maximum absolute atomic E-state index is 14.3. The molecule has 3 aliphatic rings. The summed E-state index contributed by atoms with van der Waals surface area (Å²) in [4.78, 5) is 55.0. The summed E-state index contributed by atoms with van der Waals surface area (Å²) in [7, 11) is 3.76. The summed E-state index contributed by atoms with van der Waals surface area (Å²) in [6.45, 7) is 20.7. The molecule has 13 heteroatoms. The maximum atomic E-state index is 14.3. The van der Waals surface area contributed by atoms with Crippen molar-refractivity contribution in [2.45, 2.75) is 143 Å². The van der Waals surface area contributed by atoms with Gasteiger partial charge in [-0.3, -0.25) is 19.2 Å². The van der Waals surface area contributed by atoms with Crippen LogP contribution in [0.4, 0.5) is 0 Å². The van der Waals surface area contributed by atoms with E-state index in [-0.39, 0.29) is 44.1 Å². The number of Topliss-reactive ketones (excluding diaryl/α,β-unsaturated/α-hetero) is 1. The second-order valence-corrected chi connectivity index (χ2v) is 15.1. The molecule has 1 amide bonds. The van der Waals surface area contributed by atoms with Crippen molar-refractivity contribution in [2.75, 3.05) is 27.3 Å². The molecule has 0 aromatic heterocycles. The second-order valence-electron chi connectivity index (χ2n) is 15.1. The number of fused-ring (bicyclic) bond motifs is 4. The minimum absolute atomic E-state index is 0.00107. The molecule has 2 N–H and O–H groups in total. The zero-order valence-electron chi connectivity index (χ0n) is 32.0. The minimum Gasteiger partial charge on any atom is -0.459 e. The van der Waals surface area contributed by atoms with E-state index in [4.69, 9.17) is 28.4 Å². The lowest BCUT2D eigenvalue weighted by Gasteiger charge is -2.47. The molecular weight excluding hydrogens is 648 g/mol. The van der Waals surface area contributed by atoms with Gasteiger partial charge in [0.2, 0.25) is 5.91 Å². The number of rotatable bonds is 6. The van der Waals surface area contributed by atoms with E-state index >= 15 is 0 Å². The summed E-state index contributed by atoms with van der Waals surface area (Å²) >= 11 is 0. The molecule has 0 aromatic rings. The van der Waals surface area contributed by atoms with Crippen molar-refractivity contribution in [2.24, 2.45) is 17.8 Å². The molecule has 1 fully saturated rings. The van der Waals surface area contributed by atoms with E-state index in [1.165, 1.54) is 27.7 Å². The van der Waals surface area contributed by atoms with Crippen LogP contribution in [0, 0.1) is 17.8 Å². The number of cyclic esters (lactones) is 1. The number of hydrogen-bond donors (Lipinski definition) is 2. The molecule has 284 valence electrons. The first kappa shape index (κ1) is 41.7. The van der Waals surface area contributed by atoms with Crippen LogP contribution in [0.2, 0.25) is 0 Å². The van der Waals surface area contributed by atoms with Crippen LogP contribution in [0.1, 0.15) is 88.5 Å². The van der Waals surface area contributed by atoms with Crippen LogP contribution in [0.3, 0.4) is 0 Å². The molecule has 1 saturated heterocycles. The number of aliphatic hydroxyl groups is 1. The second kappa shape index (κ2) is 16.8. The Kier molecular flexibility index (Phi) is 14.0. The molecule has 2 bridgehead atoms. The standard InChI is InChI=1S/C37H60N2O11/c1-14-28-37(11,44)33-22(5)29(38-25(8)40)20(3)16-36(10,46-18-19(2)17-45-33)32(23(6)30(42)24(7)34(43)49-28)50-35-31(48-26(9)41)27(39(12)13)15-21(4)47-35/h21-24,27-28,31-33,35,44H,2,14-18H2,1,3-13H3,(H,38,40)/t21-,22+,23+,24-,27+,28-,31-,32?,33-,35+,36-,37-/m1/s1. The molecule has 3 aliphatic heterocycles. The minimum atomic E-state index is -1.75. The molecule has 1 unspecified atom stereocenters. The van der Waals surface area contributed by atoms with Gasteiger partial charge < -0.3 is 43.7 Å². The number of likely N-dealkylation sites (N-methyl/N-ethyl adjacent to an activating group) is 1. The van der Waals surface area contributed by atoms with Crippen molar-refractivity contribution in [1.82, 2.24) is 10.2 Å². The van der Waals surface area contributed by atoms with Gasteiger partial charge in [-0.25, -0.2) is 0 Å². The lowest BCUT2D eigenvalue weighted by atomic mass is 9.77. The Morgan fingerprint density at radius 1 is 1.08 bits per heavy atom. The van der Waals surface area contributed by atoms with E-state index in [2.05, 4.69) is 11.9 Å². The van der Waals surface area contributed by atoms with Crippen molar-refractivity contribution in [3.05, 3.63) is 23.4 Å². The lowest BCUT2D eigenvalue weighted by Crippen LogP contribution is -2.60. The first-order valence-electron chi connectivity index (χ1n) is 17.6. The summed E-state index contributed by atoms with van der Waals surface area (Å²) in [5.74, 6) is -4.97. The maximum Gasteiger partial charge on any atom is 0.316 e. The molecule has 0 aromatic carbocycles. The van der Waals surface area contributed by atoms with Crippen LogP contribution in [-0.4, -0.2) is 115 Å². The molecule has 3 rings (SSSR count). The first-order chi connectivity index (χ1) is 23.1. The summed E-state index contributed by atoms with van der Waals surface area (Å²) in [6.07, 6.45) is -4.46. The first-order valence-corrected chi connectivity index (χ1v) is 17.6. The number of esters is 2. The molecule has 12 atom stereocenters. The number of carbonyl (C=O) groups is 4. The summed E-state index contributed by atoms with van der Waals surface area (Å²) in [5.41, 5.74) is -1.34. The average Bonchev–Trinajstić information content (AvgIpc) is 3.03. The predicted octanol–water partition coefficient (Wildman–Crippen LogP) is 3.46. The SMILES string of the molecule is C=C1CO[C@@H]2[C@@H](C)C(NC(C)=O)=C(C)C[C@@](C)(OC1)C(O[C@@H]1O[C@H](C)C[C@H](N(C)C)[C@H]1OC(C)=O)[C@@H](C)C(=O)[C@@H](C)C(=O)O[C@H](CC)[C@@]2(C)O. The molecule has 50 heavy (non-hydrogen) atoms. The largest absolute Gasteiger partial charge is 0.459 e. The van der Waals surface area contributed by atoms with Crippen molar-refractivity contribution < 1.29 is 52.7 Å². The normalized spacial score (nSPS) is 39.6. The number of nitrogens with one attached hydrogen (secondary N) is 1. The fraction of sp³-hybridized carbons (Fsp3) is 0.784. The highest BCUT2D eigenvalue weighted by molar-refractivity contribution is 6.00. The number of hydrogen-bond acceptors (Lipinski definition) is 12. The van der Waals surface area contributed by atoms with Crippen LogP contribution < -0.4 is 5.32 Å². The molecule has 3 heterocycles. The van der Waals surface area contributed by atoms with Gasteiger partial charge in [-0.15, -0.1) is 0 Å². The van der Waals surface area contributed by atoms with Gasteiger partial charge in [-0.1, -0.05) is 32.9 Å². The predicted molar refractivity (Wildman–Crippen MR) is 185 cm³/mol. The van der Waals surface area contributed by atoms with Crippen LogP contribution in [0.25, 0.3) is 0 Å². The Hall–Kier alpha value is -2.68. The van der Waals surface area contributed by atoms with Crippen LogP contribution >= 0.6 is 0 Å². The molecule has 13 nitrogen and oxygen atoms in total. The van der Waals surface area contributed by atoms with Crippen molar-refractivity contribution in [3.63, 3.8) is 0 Å². The summed E-state index contributed by atoms with van der Waals surface area (Å²) in [6, 6.07) is -0.270. The van der Waals surface area contributed by atoms with Gasteiger partial charge in [0.1, 0.15) is 17.6 Å². The van der Waals surface area contributed by atoms with Gasteiger partial charge in [-0.2, -0.15) is 0 Å². The number of nitrogens with zero attached hydrogens (tertiary/aromatic N) is 1. The fourth-order valence-corrected chi connectivity index (χ4v) is 7.73. The van der Waals surface area contributed by atoms with Crippen LogP contribution in [-0.2, 0) is 47.6 Å². The van der Waals surface area contributed by atoms with E-state index in [1.807, 2.05) is 39.8 Å². The molecule has 0 radical (unpaired) electrons.